The Labute approximate surface area is 107 Å². The van der Waals surface area contributed by atoms with Crippen molar-refractivity contribution < 1.29 is 14.3 Å². The van der Waals surface area contributed by atoms with Crippen molar-refractivity contribution in [2.24, 2.45) is 5.73 Å². The summed E-state index contributed by atoms with van der Waals surface area (Å²) in [6.45, 7) is 7.87. The molecule has 3 amide bonds. The Morgan fingerprint density at radius 3 is 2.89 bits per heavy atom. The van der Waals surface area contributed by atoms with Crippen molar-refractivity contribution in [2.45, 2.75) is 26.0 Å². The minimum atomic E-state index is -0.834. The third-order valence-corrected chi connectivity index (χ3v) is 2.96. The molecule has 2 unspecified atom stereocenters. The van der Waals surface area contributed by atoms with Gasteiger partial charge in [0.2, 0.25) is 5.91 Å². The molecule has 4 N–H and O–H groups in total. The zero-order chi connectivity index (χ0) is 13.5. The van der Waals surface area contributed by atoms with Gasteiger partial charge in [0.25, 0.3) is 0 Å². The highest BCUT2D eigenvalue weighted by atomic mass is 16.5. The second-order valence-electron chi connectivity index (χ2n) is 4.37. The van der Waals surface area contributed by atoms with Crippen LogP contribution in [0.5, 0.6) is 0 Å². The van der Waals surface area contributed by atoms with Gasteiger partial charge in [0, 0.05) is 19.6 Å². The van der Waals surface area contributed by atoms with E-state index in [0.29, 0.717) is 13.2 Å². The molecule has 1 aliphatic heterocycles. The summed E-state index contributed by atoms with van der Waals surface area (Å²) in [7, 11) is 0. The second-order valence-corrected chi connectivity index (χ2v) is 4.37. The summed E-state index contributed by atoms with van der Waals surface area (Å²) in [5, 5.41) is 5.07. The highest BCUT2D eigenvalue weighted by Gasteiger charge is 2.21. The maximum atomic E-state index is 11.4. The maximum Gasteiger partial charge on any atom is 0.318 e. The molecular weight excluding hydrogens is 236 g/mol. The first-order chi connectivity index (χ1) is 8.52. The summed E-state index contributed by atoms with van der Waals surface area (Å²) >= 11 is 0. The number of imide groups is 1. The minimum absolute atomic E-state index is 0.0718. The normalized spacial score (nSPS) is 22.4. The summed E-state index contributed by atoms with van der Waals surface area (Å²) in [6.07, 6.45) is 0.0718. The van der Waals surface area contributed by atoms with E-state index in [4.69, 9.17) is 10.5 Å². The van der Waals surface area contributed by atoms with E-state index in [1.165, 1.54) is 0 Å². The lowest BCUT2D eigenvalue weighted by molar-refractivity contribution is -0.121. The number of amides is 3. The van der Waals surface area contributed by atoms with Gasteiger partial charge in [-0.15, -0.1) is 0 Å². The monoisotopic (exact) mass is 258 g/mol. The van der Waals surface area contributed by atoms with Crippen LogP contribution in [0.1, 0.15) is 13.8 Å². The molecule has 0 saturated carbocycles. The molecule has 1 rings (SSSR count). The molecule has 104 valence electrons. The lowest BCUT2D eigenvalue weighted by atomic mass is 10.2. The number of carbonyl (C=O) groups excluding carboxylic acids is 2. The van der Waals surface area contributed by atoms with Crippen LogP contribution in [0.2, 0.25) is 0 Å². The molecule has 1 fully saturated rings. The largest absolute Gasteiger partial charge is 0.374 e. The minimum Gasteiger partial charge on any atom is -0.374 e. The lowest BCUT2D eigenvalue weighted by Crippen LogP contribution is -2.51. The summed E-state index contributed by atoms with van der Waals surface area (Å²) in [4.78, 5) is 24.2. The van der Waals surface area contributed by atoms with Crippen LogP contribution < -0.4 is 16.4 Å². The van der Waals surface area contributed by atoms with Crippen molar-refractivity contribution in [1.29, 1.82) is 0 Å². The first kappa shape index (κ1) is 14.9. The van der Waals surface area contributed by atoms with Crippen molar-refractivity contribution in [2.75, 3.05) is 32.8 Å². The summed E-state index contributed by atoms with van der Waals surface area (Å²) in [6, 6.07) is -1.31. The Morgan fingerprint density at radius 1 is 1.56 bits per heavy atom. The molecule has 0 aromatic rings. The summed E-state index contributed by atoms with van der Waals surface area (Å²) in [5.74, 6) is -0.425. The average Bonchev–Trinajstić information content (AvgIpc) is 2.35. The van der Waals surface area contributed by atoms with E-state index in [0.717, 1.165) is 19.6 Å². The zero-order valence-electron chi connectivity index (χ0n) is 10.9. The van der Waals surface area contributed by atoms with Gasteiger partial charge in [-0.1, -0.05) is 6.92 Å². The van der Waals surface area contributed by atoms with Gasteiger partial charge in [-0.3, -0.25) is 15.0 Å². The lowest BCUT2D eigenvalue weighted by Gasteiger charge is -2.32. The molecule has 1 aliphatic rings. The molecule has 18 heavy (non-hydrogen) atoms. The maximum absolute atomic E-state index is 11.4. The number of nitrogens with two attached hydrogens (primary N) is 1. The van der Waals surface area contributed by atoms with Crippen LogP contribution in [0.15, 0.2) is 0 Å². The fourth-order valence-corrected chi connectivity index (χ4v) is 1.82. The Morgan fingerprint density at radius 2 is 2.28 bits per heavy atom. The first-order valence-corrected chi connectivity index (χ1v) is 6.20. The van der Waals surface area contributed by atoms with Gasteiger partial charge in [-0.2, -0.15) is 0 Å². The predicted molar refractivity (Wildman–Crippen MR) is 67.0 cm³/mol. The number of rotatable bonds is 5. The van der Waals surface area contributed by atoms with Gasteiger partial charge < -0.3 is 15.8 Å². The van der Waals surface area contributed by atoms with E-state index < -0.39 is 18.0 Å². The van der Waals surface area contributed by atoms with Gasteiger partial charge in [0.15, 0.2) is 0 Å². The van der Waals surface area contributed by atoms with Crippen LogP contribution in [-0.4, -0.2) is 61.8 Å². The van der Waals surface area contributed by atoms with Crippen molar-refractivity contribution in [3.63, 3.8) is 0 Å². The van der Waals surface area contributed by atoms with E-state index in [1.54, 1.807) is 6.92 Å². The van der Waals surface area contributed by atoms with Crippen LogP contribution in [0.4, 0.5) is 4.79 Å². The molecule has 0 aromatic carbocycles. The standard InChI is InChI=1S/C11H22N4O3/c1-3-15-4-5-18-9(7-15)6-13-8(2)10(16)14-11(12)17/h8-9,13H,3-7H2,1-2H3,(H3,12,14,16,17). The highest BCUT2D eigenvalue weighted by Crippen LogP contribution is 2.03. The molecule has 2 atom stereocenters. The number of primary amides is 1. The van der Waals surface area contributed by atoms with Gasteiger partial charge >= 0.3 is 6.03 Å². The number of nitrogens with one attached hydrogen (secondary N) is 2. The number of urea groups is 1. The van der Waals surface area contributed by atoms with Crippen LogP contribution in [0.25, 0.3) is 0 Å². The number of likely N-dealkylation sites (N-methyl/N-ethyl adjacent to an activating group) is 1. The summed E-state index contributed by atoms with van der Waals surface area (Å²) in [5.41, 5.74) is 4.88. The predicted octanol–water partition coefficient (Wildman–Crippen LogP) is -1.12. The summed E-state index contributed by atoms with van der Waals surface area (Å²) < 4.78 is 5.59. The smallest absolute Gasteiger partial charge is 0.318 e. The molecule has 0 radical (unpaired) electrons. The molecule has 0 aliphatic carbocycles. The van der Waals surface area contributed by atoms with Gasteiger partial charge in [0.05, 0.1) is 18.8 Å². The Hall–Kier alpha value is -1.18. The zero-order valence-corrected chi connectivity index (χ0v) is 10.9. The Kier molecular flexibility index (Phi) is 6.03. The topological polar surface area (TPSA) is 96.7 Å². The number of ether oxygens (including phenoxy) is 1. The van der Waals surface area contributed by atoms with E-state index >= 15 is 0 Å². The Bertz CT molecular complexity index is 298. The molecule has 0 spiro atoms. The fraction of sp³-hybridized carbons (Fsp3) is 0.818. The van der Waals surface area contributed by atoms with E-state index in [9.17, 15) is 9.59 Å². The quantitative estimate of drug-likeness (QED) is 0.580. The van der Waals surface area contributed by atoms with Crippen molar-refractivity contribution in [1.82, 2.24) is 15.5 Å². The number of carbonyl (C=O) groups is 2. The van der Waals surface area contributed by atoms with Gasteiger partial charge in [-0.25, -0.2) is 4.79 Å². The van der Waals surface area contributed by atoms with Crippen molar-refractivity contribution in [3.8, 4) is 0 Å². The van der Waals surface area contributed by atoms with Crippen molar-refractivity contribution >= 4 is 11.9 Å². The molecule has 0 aromatic heterocycles. The Balaban J connectivity index is 2.27. The van der Waals surface area contributed by atoms with Crippen LogP contribution in [0.3, 0.4) is 0 Å². The second kappa shape index (κ2) is 7.30. The molecule has 7 nitrogen and oxygen atoms in total. The van der Waals surface area contributed by atoms with Crippen LogP contribution >= 0.6 is 0 Å². The number of morpholine rings is 1. The highest BCUT2D eigenvalue weighted by molar-refractivity contribution is 5.96. The molecular formula is C11H22N4O3. The van der Waals surface area contributed by atoms with Crippen molar-refractivity contribution in [3.05, 3.63) is 0 Å². The van der Waals surface area contributed by atoms with Crippen LogP contribution in [0, 0.1) is 0 Å². The fourth-order valence-electron chi connectivity index (χ4n) is 1.82. The molecule has 1 heterocycles. The number of nitrogens with zero attached hydrogens (tertiary/aromatic N) is 1. The average molecular weight is 258 g/mol. The van der Waals surface area contributed by atoms with E-state index in [1.807, 2.05) is 5.32 Å². The van der Waals surface area contributed by atoms with E-state index in [2.05, 4.69) is 17.1 Å². The van der Waals surface area contributed by atoms with E-state index in [-0.39, 0.29) is 6.10 Å². The molecule has 1 saturated heterocycles. The van der Waals surface area contributed by atoms with Gasteiger partial charge in [-0.05, 0) is 13.5 Å². The SMILES string of the molecule is CCN1CCOC(CNC(C)C(=O)NC(N)=O)C1. The first-order valence-electron chi connectivity index (χ1n) is 6.20. The van der Waals surface area contributed by atoms with Gasteiger partial charge in [0.1, 0.15) is 0 Å². The van der Waals surface area contributed by atoms with Crippen LogP contribution in [-0.2, 0) is 9.53 Å². The third kappa shape index (κ3) is 4.99. The number of hydrogen-bond donors (Lipinski definition) is 3. The molecule has 0 bridgehead atoms. The third-order valence-electron chi connectivity index (χ3n) is 2.96. The number of hydrogen-bond acceptors (Lipinski definition) is 5. The molecule has 7 heteroatoms.